The highest BCUT2D eigenvalue weighted by Crippen LogP contribution is 2.17. The topological polar surface area (TPSA) is 43.8 Å². The van der Waals surface area contributed by atoms with Crippen LogP contribution in [0.5, 0.6) is 0 Å². The Hall–Kier alpha value is -2.31. The first kappa shape index (κ1) is 17.5. The van der Waals surface area contributed by atoms with Gasteiger partial charge in [-0.2, -0.15) is 0 Å². The number of nitrogens with zero attached hydrogens (tertiary/aromatic N) is 2. The van der Waals surface area contributed by atoms with Crippen molar-refractivity contribution >= 4 is 5.91 Å². The molecule has 1 atom stereocenters. The van der Waals surface area contributed by atoms with E-state index in [0.717, 1.165) is 17.7 Å². The van der Waals surface area contributed by atoms with E-state index < -0.39 is 23.6 Å². The number of benzene rings is 2. The second-order valence-electron chi connectivity index (χ2n) is 6.14. The molecular weight excluding hydrogens is 326 g/mol. The van der Waals surface area contributed by atoms with E-state index in [0.29, 0.717) is 32.7 Å². The van der Waals surface area contributed by atoms with Gasteiger partial charge in [0.1, 0.15) is 11.6 Å². The van der Waals surface area contributed by atoms with E-state index in [-0.39, 0.29) is 5.56 Å². The summed E-state index contributed by atoms with van der Waals surface area (Å²) in [7, 11) is 0. The van der Waals surface area contributed by atoms with Crippen LogP contribution in [0.1, 0.15) is 22.0 Å². The van der Waals surface area contributed by atoms with Crippen molar-refractivity contribution in [3.8, 4) is 0 Å². The molecule has 1 unspecified atom stereocenters. The van der Waals surface area contributed by atoms with E-state index in [1.807, 2.05) is 30.3 Å². The lowest BCUT2D eigenvalue weighted by Crippen LogP contribution is -2.49. The van der Waals surface area contributed by atoms with Gasteiger partial charge in [-0.1, -0.05) is 30.3 Å². The maximum absolute atomic E-state index is 13.8. The van der Waals surface area contributed by atoms with Crippen LogP contribution in [-0.2, 0) is 0 Å². The van der Waals surface area contributed by atoms with Crippen LogP contribution >= 0.6 is 0 Å². The number of carbonyl (C=O) groups excluding carboxylic acids is 1. The summed E-state index contributed by atoms with van der Waals surface area (Å²) in [4.78, 5) is 16.0. The zero-order valence-electron chi connectivity index (χ0n) is 13.7. The van der Waals surface area contributed by atoms with Crippen molar-refractivity contribution in [1.29, 1.82) is 0 Å². The minimum Gasteiger partial charge on any atom is -0.387 e. The van der Waals surface area contributed by atoms with Crippen LogP contribution in [0.2, 0.25) is 0 Å². The number of hydrogen-bond donors (Lipinski definition) is 1. The van der Waals surface area contributed by atoms with Crippen LogP contribution in [0, 0.1) is 11.6 Å². The van der Waals surface area contributed by atoms with Gasteiger partial charge < -0.3 is 10.0 Å². The summed E-state index contributed by atoms with van der Waals surface area (Å²) in [5.74, 6) is -1.97. The Labute approximate surface area is 145 Å². The van der Waals surface area contributed by atoms with Crippen molar-refractivity contribution in [2.24, 2.45) is 0 Å². The van der Waals surface area contributed by atoms with E-state index in [1.165, 1.54) is 6.07 Å². The molecular formula is C19H20F2N2O2. The highest BCUT2D eigenvalue weighted by atomic mass is 19.1. The Morgan fingerprint density at radius 2 is 1.72 bits per heavy atom. The molecule has 1 saturated heterocycles. The van der Waals surface area contributed by atoms with E-state index in [9.17, 15) is 18.7 Å². The molecule has 1 amide bonds. The molecule has 0 aromatic heterocycles. The largest absolute Gasteiger partial charge is 0.387 e. The molecule has 4 nitrogen and oxygen atoms in total. The van der Waals surface area contributed by atoms with Gasteiger partial charge in [-0.15, -0.1) is 0 Å². The van der Waals surface area contributed by atoms with Crippen molar-refractivity contribution in [2.75, 3.05) is 32.7 Å². The maximum Gasteiger partial charge on any atom is 0.256 e. The summed E-state index contributed by atoms with van der Waals surface area (Å²) in [6.45, 7) is 2.56. The predicted molar refractivity (Wildman–Crippen MR) is 90.1 cm³/mol. The highest BCUT2D eigenvalue weighted by molar-refractivity contribution is 5.94. The SMILES string of the molecule is O=C(c1ccc(F)cc1F)N1CCN(CC(O)c2ccccc2)CC1. The second kappa shape index (κ2) is 7.72. The molecule has 0 aliphatic carbocycles. The van der Waals surface area contributed by atoms with E-state index in [2.05, 4.69) is 4.90 Å². The molecule has 25 heavy (non-hydrogen) atoms. The molecule has 1 aliphatic heterocycles. The summed E-state index contributed by atoms with van der Waals surface area (Å²) < 4.78 is 26.7. The van der Waals surface area contributed by atoms with Crippen molar-refractivity contribution < 1.29 is 18.7 Å². The fraction of sp³-hybridized carbons (Fsp3) is 0.316. The summed E-state index contributed by atoms with van der Waals surface area (Å²) >= 11 is 0. The lowest BCUT2D eigenvalue weighted by atomic mass is 10.1. The molecule has 2 aromatic rings. The van der Waals surface area contributed by atoms with Crippen LogP contribution < -0.4 is 0 Å². The minimum absolute atomic E-state index is 0.112. The molecule has 1 fully saturated rings. The zero-order valence-corrected chi connectivity index (χ0v) is 13.7. The van der Waals surface area contributed by atoms with Crippen LogP contribution in [0.3, 0.4) is 0 Å². The number of aliphatic hydroxyl groups excluding tert-OH is 1. The van der Waals surface area contributed by atoms with Crippen LogP contribution in [0.15, 0.2) is 48.5 Å². The average Bonchev–Trinajstić information content (AvgIpc) is 2.62. The Bertz CT molecular complexity index is 731. The lowest BCUT2D eigenvalue weighted by molar-refractivity contribution is 0.0524. The van der Waals surface area contributed by atoms with Gasteiger partial charge in [-0.25, -0.2) is 8.78 Å². The lowest BCUT2D eigenvalue weighted by Gasteiger charge is -2.35. The molecule has 6 heteroatoms. The van der Waals surface area contributed by atoms with Gasteiger partial charge in [0.2, 0.25) is 0 Å². The fourth-order valence-electron chi connectivity index (χ4n) is 2.99. The first-order chi connectivity index (χ1) is 12.0. The van der Waals surface area contributed by atoms with Gasteiger partial charge >= 0.3 is 0 Å². The molecule has 3 rings (SSSR count). The third kappa shape index (κ3) is 4.21. The molecule has 1 heterocycles. The van der Waals surface area contributed by atoms with Gasteiger partial charge in [0.15, 0.2) is 0 Å². The first-order valence-electron chi connectivity index (χ1n) is 8.24. The number of piperazine rings is 1. The Morgan fingerprint density at radius 1 is 1.04 bits per heavy atom. The molecule has 0 bridgehead atoms. The standard InChI is InChI=1S/C19H20F2N2O2/c20-15-6-7-16(17(21)12-15)19(25)23-10-8-22(9-11-23)13-18(24)14-4-2-1-3-5-14/h1-7,12,18,24H,8-11,13H2. The number of rotatable bonds is 4. The van der Waals surface area contributed by atoms with Crippen molar-refractivity contribution in [2.45, 2.75) is 6.10 Å². The average molecular weight is 346 g/mol. The molecule has 0 radical (unpaired) electrons. The smallest absolute Gasteiger partial charge is 0.256 e. The third-order valence-corrected chi connectivity index (χ3v) is 4.44. The minimum atomic E-state index is -0.841. The Morgan fingerprint density at radius 3 is 2.36 bits per heavy atom. The normalized spacial score (nSPS) is 16.7. The van der Waals surface area contributed by atoms with E-state index in [1.54, 1.807) is 4.90 Å². The van der Waals surface area contributed by atoms with E-state index >= 15 is 0 Å². The number of halogens is 2. The molecule has 2 aromatic carbocycles. The van der Waals surface area contributed by atoms with E-state index in [4.69, 9.17) is 0 Å². The zero-order chi connectivity index (χ0) is 17.8. The van der Waals surface area contributed by atoms with Gasteiger partial charge in [-0.3, -0.25) is 9.69 Å². The number of hydrogen-bond acceptors (Lipinski definition) is 3. The Balaban J connectivity index is 1.55. The molecule has 1 aliphatic rings. The molecule has 0 spiro atoms. The highest BCUT2D eigenvalue weighted by Gasteiger charge is 2.25. The maximum atomic E-state index is 13.8. The number of β-amino-alcohol motifs (C(OH)–C–C–N with tert-alkyl or cyclic N) is 1. The third-order valence-electron chi connectivity index (χ3n) is 4.44. The quantitative estimate of drug-likeness (QED) is 0.925. The van der Waals surface area contributed by atoms with Gasteiger partial charge in [0.25, 0.3) is 5.91 Å². The second-order valence-corrected chi connectivity index (χ2v) is 6.14. The summed E-state index contributed by atoms with van der Waals surface area (Å²) in [6, 6.07) is 12.4. The van der Waals surface area contributed by atoms with Crippen LogP contribution in [0.25, 0.3) is 0 Å². The van der Waals surface area contributed by atoms with Crippen molar-refractivity contribution in [3.63, 3.8) is 0 Å². The van der Waals surface area contributed by atoms with Gasteiger partial charge in [0, 0.05) is 38.8 Å². The molecule has 0 saturated carbocycles. The Kier molecular flexibility index (Phi) is 5.40. The number of aliphatic hydroxyl groups is 1. The first-order valence-corrected chi connectivity index (χ1v) is 8.24. The van der Waals surface area contributed by atoms with Gasteiger partial charge in [-0.05, 0) is 17.7 Å². The fourth-order valence-corrected chi connectivity index (χ4v) is 2.99. The van der Waals surface area contributed by atoms with Crippen LogP contribution in [0.4, 0.5) is 8.78 Å². The van der Waals surface area contributed by atoms with Gasteiger partial charge in [0.05, 0.1) is 11.7 Å². The monoisotopic (exact) mass is 346 g/mol. The summed E-state index contributed by atoms with van der Waals surface area (Å²) in [6.07, 6.45) is -0.585. The number of amides is 1. The molecule has 132 valence electrons. The number of carbonyl (C=O) groups is 1. The molecule has 1 N–H and O–H groups in total. The van der Waals surface area contributed by atoms with Crippen molar-refractivity contribution in [1.82, 2.24) is 9.80 Å². The van der Waals surface area contributed by atoms with Crippen LogP contribution in [-0.4, -0.2) is 53.5 Å². The summed E-state index contributed by atoms with van der Waals surface area (Å²) in [5, 5.41) is 10.3. The summed E-state index contributed by atoms with van der Waals surface area (Å²) in [5.41, 5.74) is 0.744. The van der Waals surface area contributed by atoms with Crippen molar-refractivity contribution in [3.05, 3.63) is 71.3 Å². The predicted octanol–water partition coefficient (Wildman–Crippen LogP) is 2.46.